The summed E-state index contributed by atoms with van der Waals surface area (Å²) in [5.74, 6) is 0.443. The number of methoxy groups -OCH3 is 1. The number of ether oxygens (including phenoxy) is 1. The molecule has 0 aliphatic heterocycles. The van der Waals surface area contributed by atoms with Crippen LogP contribution in [0.1, 0.15) is 31.9 Å². The zero-order valence-electron chi connectivity index (χ0n) is 17.9. The smallest absolute Gasteiger partial charge is 0.309 e. The number of carbonyl (C=O) groups is 1. The van der Waals surface area contributed by atoms with Gasteiger partial charge in [-0.1, -0.05) is 50.2 Å². The lowest BCUT2D eigenvalue weighted by atomic mass is 10.1. The van der Waals surface area contributed by atoms with E-state index in [0.29, 0.717) is 18.8 Å². The summed E-state index contributed by atoms with van der Waals surface area (Å²) >= 11 is 0. The van der Waals surface area contributed by atoms with Crippen molar-refractivity contribution in [1.82, 2.24) is 4.90 Å². The van der Waals surface area contributed by atoms with Gasteiger partial charge in [0.05, 0.1) is 12.9 Å². The molecule has 2 aromatic rings. The van der Waals surface area contributed by atoms with Crippen LogP contribution in [-0.4, -0.2) is 38.6 Å². The molecule has 0 saturated carbocycles. The monoisotopic (exact) mass is 431 g/mol. The summed E-state index contributed by atoms with van der Waals surface area (Å²) in [6, 6.07) is 14.7. The third-order valence-electron chi connectivity index (χ3n) is 4.29. The Morgan fingerprint density at radius 1 is 1.10 bits per heavy atom. The SMILES string of the molecule is CCS(=O)(=O)Oc1cc(CN(CC(C)C)C(=O)/C=C/c2ccccc2)ccc1OC. The van der Waals surface area contributed by atoms with Gasteiger partial charge < -0.3 is 13.8 Å². The Kier molecular flexibility index (Phi) is 8.47. The normalized spacial score (nSPS) is 11.6. The van der Waals surface area contributed by atoms with Gasteiger partial charge in [-0.3, -0.25) is 4.79 Å². The molecular formula is C23H29NO5S. The lowest BCUT2D eigenvalue weighted by Gasteiger charge is -2.24. The lowest BCUT2D eigenvalue weighted by Crippen LogP contribution is -2.32. The van der Waals surface area contributed by atoms with Gasteiger partial charge in [-0.05, 0) is 42.2 Å². The Morgan fingerprint density at radius 3 is 2.40 bits per heavy atom. The van der Waals surface area contributed by atoms with E-state index in [1.54, 1.807) is 35.3 Å². The maximum Gasteiger partial charge on any atom is 0.309 e. The number of benzene rings is 2. The van der Waals surface area contributed by atoms with Crippen molar-refractivity contribution in [1.29, 1.82) is 0 Å². The van der Waals surface area contributed by atoms with E-state index in [2.05, 4.69) is 0 Å². The van der Waals surface area contributed by atoms with Gasteiger partial charge in [0.2, 0.25) is 5.91 Å². The lowest BCUT2D eigenvalue weighted by molar-refractivity contribution is -0.127. The maximum atomic E-state index is 12.8. The van der Waals surface area contributed by atoms with Crippen LogP contribution in [0, 0.1) is 5.92 Å². The zero-order valence-corrected chi connectivity index (χ0v) is 18.7. The van der Waals surface area contributed by atoms with Crippen molar-refractivity contribution in [3.63, 3.8) is 0 Å². The molecule has 6 nitrogen and oxygen atoms in total. The molecule has 0 heterocycles. The minimum absolute atomic E-state index is 0.119. The van der Waals surface area contributed by atoms with E-state index in [4.69, 9.17) is 8.92 Å². The predicted molar refractivity (Wildman–Crippen MR) is 119 cm³/mol. The summed E-state index contributed by atoms with van der Waals surface area (Å²) in [5.41, 5.74) is 1.69. The highest BCUT2D eigenvalue weighted by Crippen LogP contribution is 2.30. The second kappa shape index (κ2) is 10.8. The molecule has 30 heavy (non-hydrogen) atoms. The molecule has 0 aliphatic carbocycles. The topological polar surface area (TPSA) is 72.9 Å². The van der Waals surface area contributed by atoms with Crippen LogP contribution in [0.15, 0.2) is 54.6 Å². The van der Waals surface area contributed by atoms with Gasteiger partial charge in [-0.25, -0.2) is 0 Å². The number of carbonyl (C=O) groups excluding carboxylic acids is 1. The highest BCUT2D eigenvalue weighted by atomic mass is 32.2. The van der Waals surface area contributed by atoms with Gasteiger partial charge in [0.15, 0.2) is 11.5 Å². The van der Waals surface area contributed by atoms with E-state index in [1.807, 2.05) is 44.2 Å². The van der Waals surface area contributed by atoms with Crippen molar-refractivity contribution < 1.29 is 22.1 Å². The molecule has 0 atom stereocenters. The van der Waals surface area contributed by atoms with E-state index in [0.717, 1.165) is 11.1 Å². The predicted octanol–water partition coefficient (Wildman–Crippen LogP) is 4.12. The average Bonchev–Trinajstić information content (AvgIpc) is 2.72. The summed E-state index contributed by atoms with van der Waals surface area (Å²) in [7, 11) is -2.25. The van der Waals surface area contributed by atoms with Gasteiger partial charge in [-0.2, -0.15) is 8.42 Å². The van der Waals surface area contributed by atoms with E-state index < -0.39 is 10.1 Å². The third kappa shape index (κ3) is 7.22. The summed E-state index contributed by atoms with van der Waals surface area (Å²) in [6.07, 6.45) is 3.34. The van der Waals surface area contributed by atoms with Crippen LogP contribution in [0.2, 0.25) is 0 Å². The number of rotatable bonds is 10. The van der Waals surface area contributed by atoms with E-state index in [-0.39, 0.29) is 23.3 Å². The zero-order chi connectivity index (χ0) is 22.1. The Hall–Kier alpha value is -2.80. The number of nitrogens with zero attached hydrogens (tertiary/aromatic N) is 1. The fourth-order valence-corrected chi connectivity index (χ4v) is 3.33. The number of hydrogen-bond donors (Lipinski definition) is 0. The van der Waals surface area contributed by atoms with Crippen molar-refractivity contribution in [2.24, 2.45) is 5.92 Å². The van der Waals surface area contributed by atoms with Crippen LogP contribution in [0.25, 0.3) is 6.08 Å². The van der Waals surface area contributed by atoms with Gasteiger partial charge in [-0.15, -0.1) is 0 Å². The second-order valence-electron chi connectivity index (χ2n) is 7.27. The van der Waals surface area contributed by atoms with Crippen LogP contribution < -0.4 is 8.92 Å². The Morgan fingerprint density at radius 2 is 1.80 bits per heavy atom. The number of amides is 1. The van der Waals surface area contributed by atoms with Crippen molar-refractivity contribution >= 4 is 22.1 Å². The quantitative estimate of drug-likeness (QED) is 0.418. The van der Waals surface area contributed by atoms with Crippen molar-refractivity contribution in [3.8, 4) is 11.5 Å². The molecule has 0 spiro atoms. The molecular weight excluding hydrogens is 402 g/mol. The summed E-state index contributed by atoms with van der Waals surface area (Å²) in [5, 5.41) is 0. The maximum absolute atomic E-state index is 12.8. The van der Waals surface area contributed by atoms with Gasteiger partial charge >= 0.3 is 10.1 Å². The highest BCUT2D eigenvalue weighted by molar-refractivity contribution is 7.87. The first-order valence-corrected chi connectivity index (χ1v) is 11.4. The van der Waals surface area contributed by atoms with Crippen LogP contribution in [0.3, 0.4) is 0 Å². The molecule has 162 valence electrons. The van der Waals surface area contributed by atoms with Crippen LogP contribution >= 0.6 is 0 Å². The van der Waals surface area contributed by atoms with Crippen molar-refractivity contribution in [3.05, 3.63) is 65.7 Å². The molecule has 0 radical (unpaired) electrons. The van der Waals surface area contributed by atoms with Gasteiger partial charge in [0, 0.05) is 19.2 Å². The number of hydrogen-bond acceptors (Lipinski definition) is 5. The molecule has 2 aromatic carbocycles. The fraction of sp³-hybridized carbons (Fsp3) is 0.348. The molecule has 0 bridgehead atoms. The fourth-order valence-electron chi connectivity index (χ4n) is 2.81. The van der Waals surface area contributed by atoms with Gasteiger partial charge in [0.1, 0.15) is 0 Å². The average molecular weight is 432 g/mol. The van der Waals surface area contributed by atoms with Crippen molar-refractivity contribution in [2.75, 3.05) is 19.4 Å². The molecule has 0 saturated heterocycles. The minimum atomic E-state index is -3.70. The van der Waals surface area contributed by atoms with Crippen LogP contribution in [-0.2, 0) is 21.5 Å². The molecule has 0 fully saturated rings. The molecule has 7 heteroatoms. The Labute approximate surface area is 179 Å². The Balaban J connectivity index is 2.25. The van der Waals surface area contributed by atoms with E-state index in [1.165, 1.54) is 14.0 Å². The molecule has 0 N–H and O–H groups in total. The summed E-state index contributed by atoms with van der Waals surface area (Å²) in [4.78, 5) is 14.6. The van der Waals surface area contributed by atoms with E-state index in [9.17, 15) is 13.2 Å². The van der Waals surface area contributed by atoms with Crippen molar-refractivity contribution in [2.45, 2.75) is 27.3 Å². The molecule has 1 amide bonds. The van der Waals surface area contributed by atoms with E-state index >= 15 is 0 Å². The van der Waals surface area contributed by atoms with Gasteiger partial charge in [0.25, 0.3) is 0 Å². The first kappa shape index (κ1) is 23.5. The highest BCUT2D eigenvalue weighted by Gasteiger charge is 2.17. The first-order chi connectivity index (χ1) is 14.2. The third-order valence-corrected chi connectivity index (χ3v) is 5.43. The summed E-state index contributed by atoms with van der Waals surface area (Å²) in [6.45, 7) is 6.47. The molecule has 0 unspecified atom stereocenters. The first-order valence-electron chi connectivity index (χ1n) is 9.85. The molecule has 2 rings (SSSR count). The second-order valence-corrected chi connectivity index (χ2v) is 9.13. The molecule has 0 aliphatic rings. The molecule has 0 aromatic heterocycles. The minimum Gasteiger partial charge on any atom is -0.493 e. The standard InChI is InChI=1S/C23H29NO5S/c1-5-30(26,27)29-22-15-20(11-13-21(22)28-4)17-24(16-18(2)3)23(25)14-12-19-9-7-6-8-10-19/h6-15,18H,5,16-17H2,1-4H3/b14-12+. The summed E-state index contributed by atoms with van der Waals surface area (Å²) < 4.78 is 34.2. The van der Waals surface area contributed by atoms with Crippen LogP contribution in [0.5, 0.6) is 11.5 Å². The Bertz CT molecular complexity index is 968. The largest absolute Gasteiger partial charge is 0.493 e. The van der Waals surface area contributed by atoms with Crippen LogP contribution in [0.4, 0.5) is 0 Å².